The van der Waals surface area contributed by atoms with Crippen LogP contribution < -0.4 is 9.47 Å². The van der Waals surface area contributed by atoms with Gasteiger partial charge in [0.1, 0.15) is 0 Å². The fourth-order valence-corrected chi connectivity index (χ4v) is 2.76. The lowest BCUT2D eigenvalue weighted by molar-refractivity contribution is 0.309. The number of nitriles is 1. The average molecular weight is 372 g/mol. The lowest BCUT2D eigenvalue weighted by Crippen LogP contribution is -1.97. The van der Waals surface area contributed by atoms with Gasteiger partial charge in [-0.25, -0.2) is 0 Å². The fraction of sp³-hybridized carbons (Fsp3) is 0.211. The zero-order chi connectivity index (χ0) is 16.8. The predicted molar refractivity (Wildman–Crippen MR) is 96.5 cm³/mol. The Morgan fingerprint density at radius 2 is 1.96 bits per heavy atom. The van der Waals surface area contributed by atoms with Gasteiger partial charge in [0, 0.05) is 0 Å². The van der Waals surface area contributed by atoms with Crippen LogP contribution in [-0.4, -0.2) is 13.7 Å². The number of halogens is 1. The minimum Gasteiger partial charge on any atom is -0.493 e. The van der Waals surface area contributed by atoms with E-state index in [1.807, 2.05) is 56.3 Å². The van der Waals surface area contributed by atoms with Crippen LogP contribution in [0.3, 0.4) is 0 Å². The van der Waals surface area contributed by atoms with E-state index in [1.54, 1.807) is 7.11 Å². The highest BCUT2D eigenvalue weighted by Crippen LogP contribution is 2.37. The highest BCUT2D eigenvalue weighted by molar-refractivity contribution is 9.10. The number of aryl methyl sites for hydroxylation is 1. The van der Waals surface area contributed by atoms with Gasteiger partial charge in [0.05, 0.1) is 29.8 Å². The van der Waals surface area contributed by atoms with Crippen LogP contribution in [-0.2, 0) is 0 Å². The van der Waals surface area contributed by atoms with E-state index in [1.165, 1.54) is 0 Å². The first-order valence-corrected chi connectivity index (χ1v) is 8.07. The van der Waals surface area contributed by atoms with Crippen molar-refractivity contribution in [2.24, 2.45) is 0 Å². The Balaban J connectivity index is 2.46. The van der Waals surface area contributed by atoms with Crippen LogP contribution >= 0.6 is 15.9 Å². The number of nitrogens with zero attached hydrogens (tertiary/aromatic N) is 1. The van der Waals surface area contributed by atoms with Gasteiger partial charge >= 0.3 is 0 Å². The molecule has 0 saturated heterocycles. The second kappa shape index (κ2) is 7.85. The van der Waals surface area contributed by atoms with Crippen LogP contribution in [0.4, 0.5) is 0 Å². The molecule has 0 N–H and O–H groups in total. The van der Waals surface area contributed by atoms with Gasteiger partial charge in [-0.2, -0.15) is 5.26 Å². The van der Waals surface area contributed by atoms with Gasteiger partial charge in [0.15, 0.2) is 11.5 Å². The monoisotopic (exact) mass is 371 g/mol. The van der Waals surface area contributed by atoms with Crippen molar-refractivity contribution in [1.29, 1.82) is 5.26 Å². The minimum absolute atomic E-state index is 0.553. The second-order valence-electron chi connectivity index (χ2n) is 5.00. The van der Waals surface area contributed by atoms with E-state index in [-0.39, 0.29) is 0 Å². The van der Waals surface area contributed by atoms with Crippen molar-refractivity contribution in [3.8, 4) is 17.6 Å². The Bertz CT molecular complexity index is 758. The van der Waals surface area contributed by atoms with E-state index in [9.17, 15) is 5.26 Å². The van der Waals surface area contributed by atoms with Crippen LogP contribution in [0.15, 0.2) is 40.9 Å². The van der Waals surface area contributed by atoms with Crippen LogP contribution in [0.25, 0.3) is 11.6 Å². The molecular weight excluding hydrogens is 354 g/mol. The predicted octanol–water partition coefficient (Wildman–Crippen LogP) is 5.23. The molecule has 2 rings (SSSR count). The molecule has 3 nitrogen and oxygen atoms in total. The number of ether oxygens (including phenoxy) is 2. The molecule has 23 heavy (non-hydrogen) atoms. The maximum absolute atomic E-state index is 9.46. The summed E-state index contributed by atoms with van der Waals surface area (Å²) in [5.74, 6) is 1.30. The summed E-state index contributed by atoms with van der Waals surface area (Å²) in [5.41, 5.74) is 3.52. The van der Waals surface area contributed by atoms with Gasteiger partial charge in [0.25, 0.3) is 0 Å². The summed E-state index contributed by atoms with van der Waals surface area (Å²) < 4.78 is 11.8. The smallest absolute Gasteiger partial charge is 0.175 e. The molecule has 0 amide bonds. The first kappa shape index (κ1) is 17.1. The van der Waals surface area contributed by atoms with Gasteiger partial charge < -0.3 is 9.47 Å². The third kappa shape index (κ3) is 4.14. The van der Waals surface area contributed by atoms with Crippen LogP contribution in [0.1, 0.15) is 23.6 Å². The zero-order valence-electron chi connectivity index (χ0n) is 13.4. The Hall–Kier alpha value is -2.25. The minimum atomic E-state index is 0.553. The highest BCUT2D eigenvalue weighted by atomic mass is 79.9. The summed E-state index contributed by atoms with van der Waals surface area (Å²) in [6.07, 6.45) is 1.84. The Labute approximate surface area is 145 Å². The quantitative estimate of drug-likeness (QED) is 0.533. The van der Waals surface area contributed by atoms with E-state index >= 15 is 0 Å². The summed E-state index contributed by atoms with van der Waals surface area (Å²) >= 11 is 3.50. The third-order valence-corrected chi connectivity index (χ3v) is 3.92. The normalized spacial score (nSPS) is 11.0. The van der Waals surface area contributed by atoms with Crippen LogP contribution in [0.5, 0.6) is 11.5 Å². The second-order valence-corrected chi connectivity index (χ2v) is 5.86. The van der Waals surface area contributed by atoms with Gasteiger partial charge in [-0.15, -0.1) is 0 Å². The molecule has 0 unspecified atom stereocenters. The van der Waals surface area contributed by atoms with E-state index in [2.05, 4.69) is 22.0 Å². The molecule has 0 atom stereocenters. The summed E-state index contributed by atoms with van der Waals surface area (Å²) in [5, 5.41) is 9.46. The lowest BCUT2D eigenvalue weighted by atomic mass is 10.0. The number of methoxy groups -OCH3 is 1. The molecule has 118 valence electrons. The number of hydrogen-bond donors (Lipinski definition) is 0. The zero-order valence-corrected chi connectivity index (χ0v) is 15.0. The van der Waals surface area contributed by atoms with E-state index in [0.717, 1.165) is 21.2 Å². The molecule has 0 aromatic heterocycles. The maximum atomic E-state index is 9.46. The molecular formula is C19H18BrNO2. The fourth-order valence-electron chi connectivity index (χ4n) is 2.19. The van der Waals surface area contributed by atoms with Crippen molar-refractivity contribution in [2.75, 3.05) is 13.7 Å². The molecule has 0 saturated carbocycles. The summed E-state index contributed by atoms with van der Waals surface area (Å²) in [7, 11) is 1.60. The number of rotatable bonds is 5. The van der Waals surface area contributed by atoms with Crippen LogP contribution in [0.2, 0.25) is 0 Å². The van der Waals surface area contributed by atoms with Crippen molar-refractivity contribution in [3.05, 3.63) is 57.6 Å². The molecule has 0 fully saturated rings. The van der Waals surface area contributed by atoms with Crippen molar-refractivity contribution in [2.45, 2.75) is 13.8 Å². The van der Waals surface area contributed by atoms with E-state index in [0.29, 0.717) is 23.7 Å². The largest absolute Gasteiger partial charge is 0.493 e. The standard InChI is InChI=1S/C19H18BrNO2/c1-4-23-19-17(20)10-14(11-18(19)22-3)9-16(12-21)15-7-5-13(2)6-8-15/h5-11H,4H2,1-3H3/b16-9+. The molecule has 0 radical (unpaired) electrons. The Morgan fingerprint density at radius 3 is 2.52 bits per heavy atom. The first-order valence-electron chi connectivity index (χ1n) is 7.28. The van der Waals surface area contributed by atoms with Crippen molar-refractivity contribution < 1.29 is 9.47 Å². The van der Waals surface area contributed by atoms with Crippen molar-refractivity contribution >= 4 is 27.6 Å². The first-order chi connectivity index (χ1) is 11.1. The SMILES string of the molecule is CCOc1c(Br)cc(/C=C(\C#N)c2ccc(C)cc2)cc1OC. The third-order valence-electron chi connectivity index (χ3n) is 3.33. The lowest BCUT2D eigenvalue weighted by Gasteiger charge is -2.12. The molecule has 2 aromatic carbocycles. The summed E-state index contributed by atoms with van der Waals surface area (Å²) in [4.78, 5) is 0. The number of hydrogen-bond acceptors (Lipinski definition) is 3. The average Bonchev–Trinajstić information content (AvgIpc) is 2.55. The van der Waals surface area contributed by atoms with Gasteiger partial charge in [-0.3, -0.25) is 0 Å². The summed E-state index contributed by atoms with van der Waals surface area (Å²) in [6, 6.07) is 13.9. The Morgan fingerprint density at radius 1 is 1.26 bits per heavy atom. The van der Waals surface area contributed by atoms with Gasteiger partial charge in [0.2, 0.25) is 0 Å². The van der Waals surface area contributed by atoms with Crippen molar-refractivity contribution in [3.63, 3.8) is 0 Å². The van der Waals surface area contributed by atoms with Gasteiger partial charge in [-0.05, 0) is 59.1 Å². The Kier molecular flexibility index (Phi) is 5.84. The molecule has 0 bridgehead atoms. The molecule has 4 heteroatoms. The van der Waals surface area contributed by atoms with Crippen molar-refractivity contribution in [1.82, 2.24) is 0 Å². The number of allylic oxidation sites excluding steroid dienone is 1. The summed E-state index contributed by atoms with van der Waals surface area (Å²) in [6.45, 7) is 4.50. The molecule has 2 aromatic rings. The number of benzene rings is 2. The molecule has 0 aliphatic rings. The molecule has 0 aliphatic heterocycles. The topological polar surface area (TPSA) is 42.2 Å². The molecule has 0 aliphatic carbocycles. The van der Waals surface area contributed by atoms with E-state index < -0.39 is 0 Å². The van der Waals surface area contributed by atoms with E-state index in [4.69, 9.17) is 9.47 Å². The maximum Gasteiger partial charge on any atom is 0.175 e. The van der Waals surface area contributed by atoms with Gasteiger partial charge in [-0.1, -0.05) is 29.8 Å². The molecule has 0 spiro atoms. The van der Waals surface area contributed by atoms with Crippen LogP contribution in [0, 0.1) is 18.3 Å². The molecule has 0 heterocycles. The highest BCUT2D eigenvalue weighted by Gasteiger charge is 2.11.